The van der Waals surface area contributed by atoms with Gasteiger partial charge in [-0.05, 0) is 38.8 Å². The summed E-state index contributed by atoms with van der Waals surface area (Å²) in [7, 11) is 0. The van der Waals surface area contributed by atoms with E-state index in [9.17, 15) is 14.4 Å². The van der Waals surface area contributed by atoms with Gasteiger partial charge in [-0.15, -0.1) is 0 Å². The van der Waals surface area contributed by atoms with Crippen molar-refractivity contribution in [3.8, 4) is 0 Å². The lowest BCUT2D eigenvalue weighted by Gasteiger charge is -2.23. The first kappa shape index (κ1) is 20.5. The van der Waals surface area contributed by atoms with Crippen LogP contribution in [0.1, 0.15) is 39.7 Å². The van der Waals surface area contributed by atoms with Gasteiger partial charge in [0.1, 0.15) is 11.6 Å². The number of hydrogen-bond donors (Lipinski definition) is 3. The molecule has 2 rings (SSSR count). The predicted octanol–water partition coefficient (Wildman–Crippen LogP) is 2.73. The van der Waals surface area contributed by atoms with E-state index in [4.69, 9.17) is 4.74 Å². The molecule has 1 aromatic rings. The molecule has 146 valence electrons. The van der Waals surface area contributed by atoms with Crippen LogP contribution in [0.3, 0.4) is 0 Å². The summed E-state index contributed by atoms with van der Waals surface area (Å²) >= 11 is 0. The molecule has 1 aromatic carbocycles. The Morgan fingerprint density at radius 3 is 2.59 bits per heavy atom. The van der Waals surface area contributed by atoms with E-state index in [1.54, 1.807) is 45.9 Å². The van der Waals surface area contributed by atoms with Crippen molar-refractivity contribution in [2.24, 2.45) is 5.92 Å². The Hall–Kier alpha value is -2.83. The highest BCUT2D eigenvalue weighted by atomic mass is 16.6. The summed E-state index contributed by atoms with van der Waals surface area (Å²) in [5, 5.41) is 8.29. The number of carbonyl (C=O) groups excluding carboxylic acids is 3. The number of ether oxygens (including phenoxy) is 1. The molecule has 0 aliphatic carbocycles. The average molecular weight is 373 g/mol. The minimum Gasteiger partial charge on any atom is -0.444 e. The van der Waals surface area contributed by atoms with E-state index in [1.807, 2.05) is 18.2 Å². The van der Waals surface area contributed by atoms with E-state index in [0.717, 1.165) is 5.56 Å². The topological polar surface area (TPSA) is 96.5 Å². The number of amides is 3. The predicted molar refractivity (Wildman–Crippen MR) is 103 cm³/mol. The van der Waals surface area contributed by atoms with Gasteiger partial charge >= 0.3 is 6.09 Å². The summed E-state index contributed by atoms with van der Waals surface area (Å²) in [5.41, 5.74) is 0.778. The maximum atomic E-state index is 12.6. The van der Waals surface area contributed by atoms with Crippen molar-refractivity contribution in [1.82, 2.24) is 10.6 Å². The number of alkyl carbamates (subject to hydrolysis) is 1. The van der Waals surface area contributed by atoms with Crippen LogP contribution in [0.2, 0.25) is 0 Å². The monoisotopic (exact) mass is 373 g/mol. The molecular formula is C20H27N3O4. The second-order valence-corrected chi connectivity index (χ2v) is 7.52. The summed E-state index contributed by atoms with van der Waals surface area (Å²) in [4.78, 5) is 37.0. The maximum Gasteiger partial charge on any atom is 0.408 e. The van der Waals surface area contributed by atoms with E-state index >= 15 is 0 Å². The summed E-state index contributed by atoms with van der Waals surface area (Å²) in [5.74, 6) is -0.829. The highest BCUT2D eigenvalue weighted by Crippen LogP contribution is 2.17. The number of para-hydroxylation sites is 1. The summed E-state index contributed by atoms with van der Waals surface area (Å²) in [6.07, 6.45) is 3.04. The number of hydrogen-bond acceptors (Lipinski definition) is 4. The van der Waals surface area contributed by atoms with Crippen molar-refractivity contribution in [3.05, 3.63) is 42.0 Å². The van der Waals surface area contributed by atoms with Gasteiger partial charge < -0.3 is 20.7 Å². The Morgan fingerprint density at radius 2 is 1.89 bits per heavy atom. The molecule has 1 heterocycles. The fourth-order valence-electron chi connectivity index (χ4n) is 2.54. The van der Waals surface area contributed by atoms with E-state index in [2.05, 4.69) is 16.0 Å². The number of benzene rings is 1. The molecule has 0 aromatic heterocycles. The van der Waals surface area contributed by atoms with Gasteiger partial charge in [0.2, 0.25) is 11.8 Å². The van der Waals surface area contributed by atoms with Crippen molar-refractivity contribution in [1.29, 1.82) is 0 Å². The summed E-state index contributed by atoms with van der Waals surface area (Å²) in [6, 6.07) is 6.48. The average Bonchev–Trinajstić information content (AvgIpc) is 2.57. The van der Waals surface area contributed by atoms with Gasteiger partial charge in [0.25, 0.3) is 0 Å². The van der Waals surface area contributed by atoms with Gasteiger partial charge in [-0.3, -0.25) is 9.59 Å². The molecule has 0 spiro atoms. The molecule has 7 heteroatoms. The van der Waals surface area contributed by atoms with E-state index in [1.165, 1.54) is 0 Å². The van der Waals surface area contributed by atoms with Gasteiger partial charge in [0, 0.05) is 12.2 Å². The van der Waals surface area contributed by atoms with Crippen molar-refractivity contribution in [2.45, 2.75) is 52.3 Å². The molecule has 7 nitrogen and oxygen atoms in total. The molecule has 0 saturated carbocycles. The Kier molecular flexibility index (Phi) is 6.60. The molecule has 3 amide bonds. The fraction of sp³-hybridized carbons (Fsp3) is 0.450. The minimum atomic E-state index is -0.794. The number of anilines is 1. The second kappa shape index (κ2) is 8.70. The molecule has 1 aliphatic rings. The lowest BCUT2D eigenvalue weighted by atomic mass is 10.1. The highest BCUT2D eigenvalue weighted by molar-refractivity contribution is 5.94. The Labute approximate surface area is 159 Å². The zero-order chi connectivity index (χ0) is 20.0. The standard InChI is InChI=1S/C20H27N3O4/c1-13-8-7-11-16(23-19(26)27-20(2,3)4)18(25)21-12-14-9-5-6-10-15(14)22-17(13)24/h5-10,13,16H,11-12H2,1-4H3,(H,21,25)(H,22,24)(H,23,26)/b8-7+/t13-,16+/m1/s1. The van der Waals surface area contributed by atoms with E-state index in [0.29, 0.717) is 5.69 Å². The molecule has 0 unspecified atom stereocenters. The first-order valence-corrected chi connectivity index (χ1v) is 8.98. The molecule has 0 bridgehead atoms. The Morgan fingerprint density at radius 1 is 1.19 bits per heavy atom. The van der Waals surface area contributed by atoms with Crippen molar-refractivity contribution in [3.63, 3.8) is 0 Å². The lowest BCUT2D eigenvalue weighted by molar-refractivity contribution is -0.123. The largest absolute Gasteiger partial charge is 0.444 e. The smallest absolute Gasteiger partial charge is 0.408 e. The van der Waals surface area contributed by atoms with Crippen LogP contribution in [0.5, 0.6) is 0 Å². The van der Waals surface area contributed by atoms with E-state index < -0.39 is 17.7 Å². The fourth-order valence-corrected chi connectivity index (χ4v) is 2.54. The first-order valence-electron chi connectivity index (χ1n) is 8.98. The number of nitrogens with one attached hydrogen (secondary N) is 3. The lowest BCUT2D eigenvalue weighted by Crippen LogP contribution is -2.47. The maximum absolute atomic E-state index is 12.6. The van der Waals surface area contributed by atoms with Crippen LogP contribution in [0.15, 0.2) is 36.4 Å². The van der Waals surface area contributed by atoms with Crippen LogP contribution in [0.25, 0.3) is 0 Å². The van der Waals surface area contributed by atoms with Gasteiger partial charge in [0.15, 0.2) is 0 Å². The third-order valence-corrected chi connectivity index (χ3v) is 3.95. The first-order chi connectivity index (χ1) is 12.7. The molecule has 2 atom stereocenters. The Balaban J connectivity index is 2.20. The molecule has 0 radical (unpaired) electrons. The molecule has 0 fully saturated rings. The van der Waals surface area contributed by atoms with Gasteiger partial charge in [-0.25, -0.2) is 4.79 Å². The van der Waals surface area contributed by atoms with Crippen LogP contribution < -0.4 is 16.0 Å². The third-order valence-electron chi connectivity index (χ3n) is 3.95. The number of carbonyl (C=O) groups is 3. The zero-order valence-electron chi connectivity index (χ0n) is 16.2. The molecule has 0 saturated heterocycles. The Bertz CT molecular complexity index is 737. The SMILES string of the molecule is C[C@@H]1/C=C/C[C@H](NC(=O)OC(C)(C)C)C(=O)NCc2ccccc2NC1=O. The minimum absolute atomic E-state index is 0.137. The van der Waals surface area contributed by atoms with Crippen molar-refractivity contribution in [2.75, 3.05) is 5.32 Å². The van der Waals surface area contributed by atoms with Crippen LogP contribution in [0, 0.1) is 5.92 Å². The second-order valence-electron chi connectivity index (χ2n) is 7.52. The van der Waals surface area contributed by atoms with Gasteiger partial charge in [0.05, 0.1) is 5.92 Å². The summed E-state index contributed by atoms with van der Waals surface area (Å²) < 4.78 is 5.24. The van der Waals surface area contributed by atoms with Crippen molar-refractivity contribution >= 4 is 23.6 Å². The zero-order valence-corrected chi connectivity index (χ0v) is 16.2. The van der Waals surface area contributed by atoms with Crippen LogP contribution in [0.4, 0.5) is 10.5 Å². The van der Waals surface area contributed by atoms with Gasteiger partial charge in [-0.2, -0.15) is 0 Å². The normalized spacial score (nSPS) is 22.2. The summed E-state index contributed by atoms with van der Waals surface area (Å²) in [6.45, 7) is 7.27. The van der Waals surface area contributed by atoms with Crippen LogP contribution in [-0.4, -0.2) is 29.6 Å². The molecule has 1 aliphatic heterocycles. The molecule has 27 heavy (non-hydrogen) atoms. The van der Waals surface area contributed by atoms with E-state index in [-0.39, 0.29) is 30.7 Å². The molecular weight excluding hydrogens is 346 g/mol. The van der Waals surface area contributed by atoms with Crippen LogP contribution >= 0.6 is 0 Å². The highest BCUT2D eigenvalue weighted by Gasteiger charge is 2.24. The van der Waals surface area contributed by atoms with Crippen LogP contribution in [-0.2, 0) is 20.9 Å². The number of rotatable bonds is 1. The quantitative estimate of drug-likeness (QED) is 0.660. The third kappa shape index (κ3) is 6.44. The molecule has 3 N–H and O–H groups in total. The van der Waals surface area contributed by atoms with Gasteiger partial charge in [-0.1, -0.05) is 37.3 Å². The number of fused-ring (bicyclic) bond motifs is 1. The van der Waals surface area contributed by atoms with Crippen molar-refractivity contribution < 1.29 is 19.1 Å².